The Morgan fingerprint density at radius 2 is 2.15 bits per heavy atom. The largest absolute Gasteiger partial charge is 0.354 e. The van der Waals surface area contributed by atoms with E-state index in [1.54, 1.807) is 11.3 Å². The molecule has 0 saturated carbocycles. The number of piperidine rings is 1. The van der Waals surface area contributed by atoms with Crippen LogP contribution >= 0.6 is 23.7 Å². The van der Waals surface area contributed by atoms with Crippen LogP contribution in [0.15, 0.2) is 6.07 Å². The molecule has 1 aromatic rings. The van der Waals surface area contributed by atoms with E-state index in [1.165, 1.54) is 10.4 Å². The molecule has 5 nitrogen and oxygen atoms in total. The van der Waals surface area contributed by atoms with Gasteiger partial charge in [-0.15, -0.1) is 23.7 Å². The van der Waals surface area contributed by atoms with Crippen LogP contribution in [0.2, 0.25) is 0 Å². The minimum Gasteiger partial charge on any atom is -0.354 e. The smallest absolute Gasteiger partial charge is 0.263 e. The van der Waals surface area contributed by atoms with E-state index in [-0.39, 0.29) is 30.3 Å². The third-order valence-corrected chi connectivity index (χ3v) is 6.44. The number of halogens is 1. The number of hydrogen-bond acceptors (Lipinski definition) is 4. The minimum atomic E-state index is -0.0251. The SMILES string of the molecule is CCc1cc(C(=O)N2CCCC(CNC(=O)C3CCCN3)C2)sc1C.Cl. The Morgan fingerprint density at radius 3 is 2.81 bits per heavy atom. The Kier molecular flexibility index (Phi) is 7.92. The molecule has 2 saturated heterocycles. The van der Waals surface area contributed by atoms with Gasteiger partial charge in [-0.2, -0.15) is 0 Å². The van der Waals surface area contributed by atoms with Crippen LogP contribution < -0.4 is 10.6 Å². The van der Waals surface area contributed by atoms with Crippen molar-refractivity contribution in [3.63, 3.8) is 0 Å². The van der Waals surface area contributed by atoms with Gasteiger partial charge in [0.15, 0.2) is 0 Å². The van der Waals surface area contributed by atoms with E-state index in [9.17, 15) is 9.59 Å². The summed E-state index contributed by atoms with van der Waals surface area (Å²) in [5.41, 5.74) is 1.28. The molecule has 1 aromatic heterocycles. The number of amides is 2. The summed E-state index contributed by atoms with van der Waals surface area (Å²) in [6, 6.07) is 2.03. The molecule has 2 amide bonds. The summed E-state index contributed by atoms with van der Waals surface area (Å²) in [5.74, 6) is 0.624. The lowest BCUT2D eigenvalue weighted by Gasteiger charge is -2.32. The molecule has 2 unspecified atom stereocenters. The fourth-order valence-corrected chi connectivity index (χ4v) is 4.91. The molecule has 7 heteroatoms. The van der Waals surface area contributed by atoms with E-state index in [0.29, 0.717) is 12.5 Å². The van der Waals surface area contributed by atoms with Crippen molar-refractivity contribution in [3.8, 4) is 0 Å². The summed E-state index contributed by atoms with van der Waals surface area (Å²) in [6.07, 6.45) is 5.06. The van der Waals surface area contributed by atoms with Gasteiger partial charge in [-0.3, -0.25) is 9.59 Å². The van der Waals surface area contributed by atoms with Gasteiger partial charge in [0.2, 0.25) is 5.91 Å². The van der Waals surface area contributed by atoms with Crippen molar-refractivity contribution in [2.24, 2.45) is 5.92 Å². The second-order valence-corrected chi connectivity index (χ2v) is 8.46. The van der Waals surface area contributed by atoms with Crippen molar-refractivity contribution in [2.45, 2.75) is 52.0 Å². The van der Waals surface area contributed by atoms with Gasteiger partial charge in [0.25, 0.3) is 5.91 Å². The fourth-order valence-electron chi connectivity index (χ4n) is 3.82. The number of nitrogens with zero attached hydrogens (tertiary/aromatic N) is 1. The van der Waals surface area contributed by atoms with Crippen molar-refractivity contribution in [3.05, 3.63) is 21.4 Å². The molecular weight excluding hydrogens is 370 g/mol. The molecule has 0 radical (unpaired) electrons. The maximum absolute atomic E-state index is 12.8. The van der Waals surface area contributed by atoms with Crippen LogP contribution in [0.3, 0.4) is 0 Å². The van der Waals surface area contributed by atoms with Crippen LogP contribution in [0.25, 0.3) is 0 Å². The predicted octanol–water partition coefficient (Wildman–Crippen LogP) is 2.76. The van der Waals surface area contributed by atoms with E-state index in [4.69, 9.17) is 0 Å². The third kappa shape index (κ3) is 4.99. The topological polar surface area (TPSA) is 61.4 Å². The molecule has 2 N–H and O–H groups in total. The predicted molar refractivity (Wildman–Crippen MR) is 108 cm³/mol. The van der Waals surface area contributed by atoms with Crippen LogP contribution in [-0.2, 0) is 11.2 Å². The molecule has 2 aliphatic heterocycles. The van der Waals surface area contributed by atoms with E-state index < -0.39 is 0 Å². The first-order chi connectivity index (χ1) is 12.1. The lowest BCUT2D eigenvalue weighted by atomic mass is 9.97. The van der Waals surface area contributed by atoms with Crippen molar-refractivity contribution in [1.82, 2.24) is 15.5 Å². The first-order valence-electron chi connectivity index (χ1n) is 9.48. The number of aryl methyl sites for hydroxylation is 2. The summed E-state index contributed by atoms with van der Waals surface area (Å²) in [5, 5.41) is 6.31. The van der Waals surface area contributed by atoms with Crippen molar-refractivity contribution in [1.29, 1.82) is 0 Å². The summed E-state index contributed by atoms with van der Waals surface area (Å²) in [6.45, 7) is 7.39. The monoisotopic (exact) mass is 399 g/mol. The lowest BCUT2D eigenvalue weighted by Crippen LogP contribution is -2.46. The van der Waals surface area contributed by atoms with Gasteiger partial charge in [0.1, 0.15) is 0 Å². The quantitative estimate of drug-likeness (QED) is 0.800. The van der Waals surface area contributed by atoms with Gasteiger partial charge in [-0.25, -0.2) is 0 Å². The number of thiophene rings is 1. The molecule has 146 valence electrons. The zero-order valence-corrected chi connectivity index (χ0v) is 17.3. The average molecular weight is 400 g/mol. The minimum absolute atomic E-state index is 0. The van der Waals surface area contributed by atoms with Gasteiger partial charge in [0, 0.05) is 24.5 Å². The van der Waals surface area contributed by atoms with E-state index in [2.05, 4.69) is 30.5 Å². The van der Waals surface area contributed by atoms with E-state index >= 15 is 0 Å². The Morgan fingerprint density at radius 1 is 1.35 bits per heavy atom. The highest BCUT2D eigenvalue weighted by Crippen LogP contribution is 2.25. The Bertz CT molecular complexity index is 628. The van der Waals surface area contributed by atoms with Gasteiger partial charge >= 0.3 is 0 Å². The summed E-state index contributed by atoms with van der Waals surface area (Å²) >= 11 is 1.61. The normalized spacial score (nSPS) is 22.8. The molecule has 26 heavy (non-hydrogen) atoms. The highest BCUT2D eigenvalue weighted by atomic mass is 35.5. The molecule has 3 rings (SSSR count). The van der Waals surface area contributed by atoms with Gasteiger partial charge in [0.05, 0.1) is 10.9 Å². The molecule has 0 spiro atoms. The molecule has 0 aromatic carbocycles. The summed E-state index contributed by atoms with van der Waals surface area (Å²) in [7, 11) is 0. The summed E-state index contributed by atoms with van der Waals surface area (Å²) < 4.78 is 0. The first-order valence-corrected chi connectivity index (χ1v) is 10.3. The molecule has 2 aliphatic rings. The lowest BCUT2D eigenvalue weighted by molar-refractivity contribution is -0.123. The zero-order valence-electron chi connectivity index (χ0n) is 15.7. The van der Waals surface area contributed by atoms with Crippen LogP contribution in [0.1, 0.15) is 52.7 Å². The number of carbonyl (C=O) groups is 2. The zero-order chi connectivity index (χ0) is 17.8. The number of carbonyl (C=O) groups excluding carboxylic acids is 2. The molecule has 0 bridgehead atoms. The number of nitrogens with one attached hydrogen (secondary N) is 2. The van der Waals surface area contributed by atoms with Crippen LogP contribution in [0, 0.1) is 12.8 Å². The van der Waals surface area contributed by atoms with Gasteiger partial charge in [-0.05, 0) is 63.1 Å². The van der Waals surface area contributed by atoms with Crippen molar-refractivity contribution in [2.75, 3.05) is 26.2 Å². The Hall–Kier alpha value is -1.11. The number of hydrogen-bond donors (Lipinski definition) is 2. The molecule has 3 heterocycles. The highest BCUT2D eigenvalue weighted by molar-refractivity contribution is 7.14. The Labute approximate surface area is 166 Å². The standard InChI is InChI=1S/C19H29N3O2S.ClH/c1-3-15-10-17(25-13(15)2)19(24)22-9-5-6-14(12-22)11-21-18(23)16-7-4-8-20-16;/h10,14,16,20H,3-9,11-12H2,1-2H3,(H,21,23);1H. The first kappa shape index (κ1) is 21.2. The average Bonchev–Trinajstić information content (AvgIpc) is 3.29. The van der Waals surface area contributed by atoms with Crippen molar-refractivity contribution < 1.29 is 9.59 Å². The molecular formula is C19H30ClN3O2S. The highest BCUT2D eigenvalue weighted by Gasteiger charge is 2.27. The third-order valence-electron chi connectivity index (χ3n) is 5.36. The Balaban J connectivity index is 0.00000243. The van der Waals surface area contributed by atoms with Crippen LogP contribution in [0.4, 0.5) is 0 Å². The fraction of sp³-hybridized carbons (Fsp3) is 0.684. The second-order valence-electron chi connectivity index (χ2n) is 7.20. The molecule has 2 fully saturated rings. The summed E-state index contributed by atoms with van der Waals surface area (Å²) in [4.78, 5) is 29.0. The van der Waals surface area contributed by atoms with Gasteiger partial charge < -0.3 is 15.5 Å². The van der Waals surface area contributed by atoms with Crippen LogP contribution in [0.5, 0.6) is 0 Å². The van der Waals surface area contributed by atoms with Crippen molar-refractivity contribution >= 4 is 35.6 Å². The molecule has 0 aliphatic carbocycles. The maximum atomic E-state index is 12.8. The number of likely N-dealkylation sites (tertiary alicyclic amines) is 1. The van der Waals surface area contributed by atoms with Gasteiger partial charge in [-0.1, -0.05) is 6.92 Å². The maximum Gasteiger partial charge on any atom is 0.263 e. The van der Waals surface area contributed by atoms with Crippen LogP contribution in [-0.4, -0.2) is 48.9 Å². The number of rotatable bonds is 5. The van der Waals surface area contributed by atoms with E-state index in [1.807, 2.05) is 4.90 Å². The van der Waals surface area contributed by atoms with E-state index in [0.717, 1.165) is 56.6 Å². The molecule has 2 atom stereocenters. The second kappa shape index (κ2) is 9.72.